The minimum absolute atomic E-state index is 0.410. The van der Waals surface area contributed by atoms with Crippen LogP contribution in [0.4, 0.5) is 0 Å². The van der Waals surface area contributed by atoms with Gasteiger partial charge in [-0.1, -0.05) is 23.9 Å². The Labute approximate surface area is 121 Å². The molecule has 0 aliphatic heterocycles. The Balaban J connectivity index is 1.54. The number of H-pyrrole nitrogens is 1. The number of aromatic nitrogens is 2. The number of aromatic amines is 1. The fourth-order valence-electron chi connectivity index (χ4n) is 2.08. The third-order valence-corrected chi connectivity index (χ3v) is 4.23. The summed E-state index contributed by atoms with van der Waals surface area (Å²) in [4.78, 5) is 18.9. The van der Waals surface area contributed by atoms with Crippen molar-refractivity contribution in [2.45, 2.75) is 36.5 Å². The van der Waals surface area contributed by atoms with E-state index in [0.717, 1.165) is 34.8 Å². The van der Waals surface area contributed by atoms with Crippen molar-refractivity contribution in [1.29, 1.82) is 0 Å². The molecule has 6 heteroatoms. The van der Waals surface area contributed by atoms with Gasteiger partial charge in [0.2, 0.25) is 0 Å². The molecule has 1 saturated carbocycles. The normalized spacial score (nSPS) is 16.4. The lowest BCUT2D eigenvalue weighted by Gasteiger charge is -2.12. The van der Waals surface area contributed by atoms with Crippen LogP contribution in [-0.4, -0.2) is 38.9 Å². The number of hydrogen-bond donors (Lipinski definition) is 3. The van der Waals surface area contributed by atoms with Crippen LogP contribution in [0.2, 0.25) is 0 Å². The average molecular weight is 291 g/mol. The number of nitrogens with zero attached hydrogens (tertiary/aromatic N) is 1. The van der Waals surface area contributed by atoms with Gasteiger partial charge in [-0.2, -0.15) is 0 Å². The first-order chi connectivity index (χ1) is 9.72. The maximum absolute atomic E-state index is 11.2. The van der Waals surface area contributed by atoms with Gasteiger partial charge >= 0.3 is 5.97 Å². The number of carbonyl (C=O) groups is 1. The first-order valence-electron chi connectivity index (χ1n) is 6.79. The van der Waals surface area contributed by atoms with Crippen LogP contribution >= 0.6 is 11.8 Å². The Kier molecular flexibility index (Phi) is 3.93. The zero-order valence-electron chi connectivity index (χ0n) is 11.0. The van der Waals surface area contributed by atoms with E-state index in [9.17, 15) is 4.79 Å². The van der Waals surface area contributed by atoms with E-state index in [1.807, 2.05) is 24.3 Å². The average Bonchev–Trinajstić information content (AvgIpc) is 3.15. The van der Waals surface area contributed by atoms with Gasteiger partial charge < -0.3 is 15.4 Å². The highest BCUT2D eigenvalue weighted by molar-refractivity contribution is 7.99. The van der Waals surface area contributed by atoms with Crippen molar-refractivity contribution in [3.8, 4) is 0 Å². The Hall–Kier alpha value is -1.53. The van der Waals surface area contributed by atoms with Crippen LogP contribution in [0.5, 0.6) is 0 Å². The molecule has 1 fully saturated rings. The van der Waals surface area contributed by atoms with Crippen molar-refractivity contribution < 1.29 is 9.90 Å². The number of rotatable bonds is 7. The van der Waals surface area contributed by atoms with Crippen molar-refractivity contribution >= 4 is 28.8 Å². The predicted molar refractivity (Wildman–Crippen MR) is 79.0 cm³/mol. The molecule has 0 spiro atoms. The van der Waals surface area contributed by atoms with Crippen LogP contribution in [0.3, 0.4) is 0 Å². The first-order valence-corrected chi connectivity index (χ1v) is 7.77. The predicted octanol–water partition coefficient (Wildman–Crippen LogP) is 2.25. The second-order valence-corrected chi connectivity index (χ2v) is 6.11. The summed E-state index contributed by atoms with van der Waals surface area (Å²) in [5.41, 5.74) is 1.96. The number of para-hydroxylation sites is 2. The van der Waals surface area contributed by atoms with Gasteiger partial charge in [0.25, 0.3) is 0 Å². The van der Waals surface area contributed by atoms with Crippen molar-refractivity contribution in [3.63, 3.8) is 0 Å². The lowest BCUT2D eigenvalue weighted by Crippen LogP contribution is -2.38. The summed E-state index contributed by atoms with van der Waals surface area (Å²) < 4.78 is 0. The highest BCUT2D eigenvalue weighted by Crippen LogP contribution is 2.22. The number of carboxylic acids is 1. The van der Waals surface area contributed by atoms with Crippen molar-refractivity contribution in [2.75, 3.05) is 5.75 Å². The van der Waals surface area contributed by atoms with Crippen molar-refractivity contribution in [1.82, 2.24) is 15.3 Å². The molecule has 1 atom stereocenters. The number of imidazole rings is 1. The van der Waals surface area contributed by atoms with Crippen LogP contribution in [0.25, 0.3) is 11.0 Å². The summed E-state index contributed by atoms with van der Waals surface area (Å²) in [7, 11) is 0. The molecule has 5 nitrogen and oxygen atoms in total. The zero-order chi connectivity index (χ0) is 13.9. The smallest absolute Gasteiger partial charge is 0.320 e. The summed E-state index contributed by atoms with van der Waals surface area (Å²) >= 11 is 1.57. The van der Waals surface area contributed by atoms with Crippen LogP contribution in [0.1, 0.15) is 19.3 Å². The zero-order valence-corrected chi connectivity index (χ0v) is 11.8. The van der Waals surface area contributed by atoms with E-state index >= 15 is 0 Å². The molecule has 3 N–H and O–H groups in total. The molecule has 1 aromatic carbocycles. The van der Waals surface area contributed by atoms with Crippen LogP contribution in [0.15, 0.2) is 29.4 Å². The molecule has 0 radical (unpaired) electrons. The van der Waals surface area contributed by atoms with Crippen LogP contribution in [0, 0.1) is 0 Å². The largest absolute Gasteiger partial charge is 0.480 e. The molecule has 0 saturated heterocycles. The van der Waals surface area contributed by atoms with E-state index in [2.05, 4.69) is 15.3 Å². The number of thioether (sulfide) groups is 1. The molecule has 106 valence electrons. The lowest BCUT2D eigenvalue weighted by atomic mass is 10.2. The lowest BCUT2D eigenvalue weighted by molar-refractivity contribution is -0.139. The molecule has 20 heavy (non-hydrogen) atoms. The summed E-state index contributed by atoms with van der Waals surface area (Å²) in [6, 6.07) is 7.84. The van der Waals surface area contributed by atoms with Crippen LogP contribution < -0.4 is 5.32 Å². The molecule has 0 amide bonds. The van der Waals surface area contributed by atoms with Gasteiger partial charge in [-0.3, -0.25) is 4.79 Å². The molecule has 2 aromatic rings. The minimum Gasteiger partial charge on any atom is -0.480 e. The fraction of sp³-hybridized carbons (Fsp3) is 0.429. The number of carboxylic acid groups (broad SMARTS) is 1. The number of benzene rings is 1. The summed E-state index contributed by atoms with van der Waals surface area (Å²) in [5, 5.41) is 13.2. The molecule has 1 heterocycles. The second kappa shape index (κ2) is 5.85. The van der Waals surface area contributed by atoms with Gasteiger partial charge in [0.15, 0.2) is 5.16 Å². The number of aliphatic carboxylic acids is 1. The topological polar surface area (TPSA) is 78.0 Å². The summed E-state index contributed by atoms with van der Waals surface area (Å²) in [6.45, 7) is 0. The maximum Gasteiger partial charge on any atom is 0.320 e. The van der Waals surface area contributed by atoms with Gasteiger partial charge in [-0.15, -0.1) is 0 Å². The highest BCUT2D eigenvalue weighted by Gasteiger charge is 2.27. The van der Waals surface area contributed by atoms with Gasteiger partial charge in [-0.25, -0.2) is 4.98 Å². The van der Waals surface area contributed by atoms with E-state index < -0.39 is 12.0 Å². The highest BCUT2D eigenvalue weighted by atomic mass is 32.2. The third-order valence-electron chi connectivity index (χ3n) is 3.33. The quantitative estimate of drug-likeness (QED) is 0.682. The van der Waals surface area contributed by atoms with Crippen LogP contribution in [-0.2, 0) is 4.79 Å². The Morgan fingerprint density at radius 1 is 1.50 bits per heavy atom. The third kappa shape index (κ3) is 3.32. The van der Waals surface area contributed by atoms with Gasteiger partial charge in [0.05, 0.1) is 11.0 Å². The van der Waals surface area contributed by atoms with Gasteiger partial charge in [-0.05, 0) is 31.4 Å². The molecule has 3 rings (SSSR count). The Bertz CT molecular complexity index is 576. The molecule has 1 aliphatic rings. The number of hydrogen-bond acceptors (Lipinski definition) is 4. The van der Waals surface area contributed by atoms with E-state index in [0.29, 0.717) is 12.5 Å². The summed E-state index contributed by atoms with van der Waals surface area (Å²) in [5.74, 6) is -0.0293. The van der Waals surface area contributed by atoms with Gasteiger partial charge in [0, 0.05) is 11.8 Å². The van der Waals surface area contributed by atoms with Crippen molar-refractivity contribution in [2.24, 2.45) is 0 Å². The maximum atomic E-state index is 11.2. The molecule has 1 aliphatic carbocycles. The van der Waals surface area contributed by atoms with E-state index in [1.165, 1.54) is 0 Å². The molecular weight excluding hydrogens is 274 g/mol. The standard InChI is InChI=1S/C14H17N3O2S/c18-13(19)12(15-9-5-6-9)7-8-20-14-16-10-3-1-2-4-11(10)17-14/h1-4,9,12,15H,5-8H2,(H,16,17)(H,18,19). The Morgan fingerprint density at radius 3 is 3.00 bits per heavy atom. The fourth-order valence-corrected chi connectivity index (χ4v) is 2.98. The van der Waals surface area contributed by atoms with Gasteiger partial charge in [0.1, 0.15) is 6.04 Å². The van der Waals surface area contributed by atoms with E-state index in [4.69, 9.17) is 5.11 Å². The van der Waals surface area contributed by atoms with E-state index in [1.54, 1.807) is 11.8 Å². The SMILES string of the molecule is O=C(O)C(CCSc1nc2ccccc2[nH]1)NC1CC1. The van der Waals surface area contributed by atoms with E-state index in [-0.39, 0.29) is 0 Å². The first kappa shape index (κ1) is 13.5. The molecule has 1 aromatic heterocycles. The molecular formula is C14H17N3O2S. The Morgan fingerprint density at radius 2 is 2.30 bits per heavy atom. The molecule has 0 bridgehead atoms. The number of fused-ring (bicyclic) bond motifs is 1. The molecule has 1 unspecified atom stereocenters. The van der Waals surface area contributed by atoms with Crippen molar-refractivity contribution in [3.05, 3.63) is 24.3 Å². The second-order valence-electron chi connectivity index (χ2n) is 5.03. The minimum atomic E-state index is -0.762. The summed E-state index contributed by atoms with van der Waals surface area (Å²) in [6.07, 6.45) is 2.80. The number of nitrogens with one attached hydrogen (secondary N) is 2. The monoisotopic (exact) mass is 291 g/mol.